The fourth-order valence-corrected chi connectivity index (χ4v) is 10.5. The highest BCUT2D eigenvalue weighted by atomic mass is 16.4. The molecule has 580 valence electrons. The highest BCUT2D eigenvalue weighted by Gasteiger charge is 2.39. The van der Waals surface area contributed by atoms with Crippen molar-refractivity contribution >= 4 is 76.9 Å². The minimum Gasteiger partial charge on any atom is -0.508 e. The second-order valence-corrected chi connectivity index (χ2v) is 27.5. The van der Waals surface area contributed by atoms with Gasteiger partial charge in [-0.25, -0.2) is 4.79 Å². The van der Waals surface area contributed by atoms with Crippen molar-refractivity contribution in [3.05, 3.63) is 29.8 Å². The Kier molecular flexibility index (Phi) is 43.2. The number of phenols is 1. The van der Waals surface area contributed by atoms with E-state index in [2.05, 4.69) is 63.8 Å². The van der Waals surface area contributed by atoms with Crippen LogP contribution in [-0.4, -0.2) is 214 Å². The standard InChI is InChI=1S/C68H121N17O17/c1-35(2)33-49(62(95)85-55(42(12)87)68(101)102)79-65(98)52(37(5)6)82-63(96)50(34-43-25-27-44(88)28-26-43)80-67(100)54(41(11)86)84-57(90)40(10)74-56(89)39(9)75-64(97)51(36(3)4)83-66(99)53(38(7)8)81-61(94)48(24-16-20-32-72)78-60(93)47(23-15-19-31-71)77-59(92)46(22-14-18-30-70)76-58(91)45(73)21-13-17-29-69/h25-28,35-42,45-55,86-88H,13-24,29-34,69-73H2,1-12H3,(H,74,89)(H,75,97)(H,76,91)(H,77,92)(H,78,93)(H,79,98)(H,80,100)(H,81,94)(H,82,96)(H,83,99)(H,84,90)(H,85,95)(H,101,102)/t39-,40-,41+,42+,45-,46-,47-,48-,49-,50-,51-,52-,53-,54-,55-/m0/s1. The van der Waals surface area contributed by atoms with Crippen LogP contribution in [0.5, 0.6) is 5.75 Å². The van der Waals surface area contributed by atoms with Crippen molar-refractivity contribution in [1.29, 1.82) is 0 Å². The molecular weight excluding hydrogens is 1330 g/mol. The van der Waals surface area contributed by atoms with Gasteiger partial charge in [-0.3, -0.25) is 57.5 Å². The van der Waals surface area contributed by atoms with Gasteiger partial charge in [0.05, 0.1) is 18.2 Å². The first-order chi connectivity index (χ1) is 47.8. The van der Waals surface area contributed by atoms with Gasteiger partial charge < -0.3 is 113 Å². The van der Waals surface area contributed by atoms with Crippen LogP contribution in [0.2, 0.25) is 0 Å². The molecule has 0 bridgehead atoms. The summed E-state index contributed by atoms with van der Waals surface area (Å²) in [5.41, 5.74) is 29.5. The normalized spacial score (nSPS) is 15.9. The maximum Gasteiger partial charge on any atom is 0.328 e. The van der Waals surface area contributed by atoms with E-state index in [4.69, 9.17) is 28.7 Å². The summed E-state index contributed by atoms with van der Waals surface area (Å²) in [5.74, 6) is -13.9. The van der Waals surface area contributed by atoms with Gasteiger partial charge in [-0.15, -0.1) is 0 Å². The van der Waals surface area contributed by atoms with Crippen molar-refractivity contribution in [3.8, 4) is 5.75 Å². The van der Waals surface area contributed by atoms with Crippen molar-refractivity contribution in [1.82, 2.24) is 63.8 Å². The van der Waals surface area contributed by atoms with Crippen LogP contribution in [-0.2, 0) is 68.7 Å². The van der Waals surface area contributed by atoms with Crippen LogP contribution in [0.15, 0.2) is 24.3 Å². The number of unbranched alkanes of at least 4 members (excludes halogenated alkanes) is 4. The molecular formula is C68H121N17O17. The van der Waals surface area contributed by atoms with Crippen molar-refractivity contribution in [2.75, 3.05) is 26.2 Å². The van der Waals surface area contributed by atoms with Crippen LogP contribution in [0.1, 0.15) is 172 Å². The molecule has 1 aromatic rings. The first-order valence-electron chi connectivity index (χ1n) is 35.4. The molecule has 15 atom stereocenters. The van der Waals surface area contributed by atoms with Gasteiger partial charge in [0, 0.05) is 6.42 Å². The van der Waals surface area contributed by atoms with E-state index in [1.165, 1.54) is 38.1 Å². The average Bonchev–Trinajstić information content (AvgIpc) is 0.850. The Morgan fingerprint density at radius 2 is 0.637 bits per heavy atom. The third-order valence-corrected chi connectivity index (χ3v) is 16.7. The Balaban J connectivity index is 3.38. The van der Waals surface area contributed by atoms with Crippen LogP contribution in [0, 0.1) is 23.7 Å². The number of carbonyl (C=O) groups excluding carboxylic acids is 12. The molecule has 0 aliphatic heterocycles. The molecule has 0 radical (unpaired) electrons. The van der Waals surface area contributed by atoms with Gasteiger partial charge in [-0.1, -0.05) is 73.9 Å². The van der Waals surface area contributed by atoms with E-state index in [1.807, 2.05) is 0 Å². The number of phenolic OH excluding ortho intramolecular Hbond substituents is 1. The lowest BCUT2D eigenvalue weighted by atomic mass is 9.98. The Hall–Kier alpha value is -8.15. The van der Waals surface area contributed by atoms with Crippen LogP contribution >= 0.6 is 0 Å². The monoisotopic (exact) mass is 1450 g/mol. The number of carbonyl (C=O) groups is 13. The molecule has 0 heterocycles. The molecule has 0 fully saturated rings. The third-order valence-electron chi connectivity index (χ3n) is 16.7. The second-order valence-electron chi connectivity index (χ2n) is 27.5. The van der Waals surface area contributed by atoms with Gasteiger partial charge in [0.25, 0.3) is 0 Å². The van der Waals surface area contributed by atoms with Gasteiger partial charge in [0.15, 0.2) is 6.04 Å². The fourth-order valence-electron chi connectivity index (χ4n) is 10.5. The largest absolute Gasteiger partial charge is 0.508 e. The number of hydrogen-bond donors (Lipinski definition) is 21. The Labute approximate surface area is 599 Å². The molecule has 0 spiro atoms. The van der Waals surface area contributed by atoms with Gasteiger partial charge in [0.2, 0.25) is 70.9 Å². The fraction of sp³-hybridized carbons (Fsp3) is 0.721. The number of aromatic hydroxyl groups is 1. The molecule has 0 saturated heterocycles. The van der Waals surface area contributed by atoms with E-state index in [-0.39, 0.29) is 56.9 Å². The van der Waals surface area contributed by atoms with Crippen LogP contribution in [0.4, 0.5) is 0 Å². The van der Waals surface area contributed by atoms with Crippen molar-refractivity contribution in [2.24, 2.45) is 52.3 Å². The number of aliphatic carboxylic acids is 1. The summed E-state index contributed by atoms with van der Waals surface area (Å²) in [6.45, 7) is 19.3. The topological polar surface area (TPSA) is 577 Å². The summed E-state index contributed by atoms with van der Waals surface area (Å²) in [7, 11) is 0. The number of carboxylic acids is 1. The number of aliphatic hydroxyl groups excluding tert-OH is 2. The van der Waals surface area contributed by atoms with Gasteiger partial charge in [-0.05, 0) is 172 Å². The molecule has 34 nitrogen and oxygen atoms in total. The number of aliphatic hydroxyl groups is 2. The average molecular weight is 1450 g/mol. The molecule has 0 saturated carbocycles. The molecule has 12 amide bonds. The number of nitrogens with one attached hydrogen (secondary N) is 12. The van der Waals surface area contributed by atoms with Crippen LogP contribution in [0.25, 0.3) is 0 Å². The zero-order chi connectivity index (χ0) is 77.7. The first-order valence-corrected chi connectivity index (χ1v) is 35.4. The molecule has 0 aliphatic rings. The van der Waals surface area contributed by atoms with E-state index in [0.29, 0.717) is 76.4 Å². The molecule has 0 unspecified atom stereocenters. The molecule has 34 heteroatoms. The third kappa shape index (κ3) is 33.8. The van der Waals surface area contributed by atoms with Crippen LogP contribution in [0.3, 0.4) is 0 Å². The van der Waals surface area contributed by atoms with E-state index >= 15 is 0 Å². The summed E-state index contributed by atoms with van der Waals surface area (Å²) in [4.78, 5) is 179. The Morgan fingerprint density at radius 1 is 0.343 bits per heavy atom. The number of amides is 12. The second kappa shape index (κ2) is 47.9. The summed E-state index contributed by atoms with van der Waals surface area (Å²) in [5, 5.41) is 71.3. The molecule has 26 N–H and O–H groups in total. The predicted octanol–water partition coefficient (Wildman–Crippen LogP) is -3.50. The molecule has 1 aromatic carbocycles. The van der Waals surface area contributed by atoms with Crippen LogP contribution < -0.4 is 92.5 Å². The lowest BCUT2D eigenvalue weighted by Gasteiger charge is -2.30. The number of nitrogens with two attached hydrogens (primary N) is 5. The predicted molar refractivity (Wildman–Crippen MR) is 381 cm³/mol. The van der Waals surface area contributed by atoms with Crippen molar-refractivity contribution < 1.29 is 82.8 Å². The zero-order valence-corrected chi connectivity index (χ0v) is 61.5. The Bertz CT molecular complexity index is 2850. The lowest BCUT2D eigenvalue weighted by molar-refractivity contribution is -0.145. The van der Waals surface area contributed by atoms with Crippen molar-refractivity contribution in [2.45, 2.75) is 264 Å². The lowest BCUT2D eigenvalue weighted by Crippen LogP contribution is -2.62. The zero-order valence-electron chi connectivity index (χ0n) is 61.5. The van der Waals surface area contributed by atoms with Gasteiger partial charge >= 0.3 is 5.97 Å². The van der Waals surface area contributed by atoms with E-state index < -0.39 is 185 Å². The van der Waals surface area contributed by atoms with E-state index in [1.54, 1.807) is 55.4 Å². The smallest absolute Gasteiger partial charge is 0.328 e. The Morgan fingerprint density at radius 3 is 1.03 bits per heavy atom. The summed E-state index contributed by atoms with van der Waals surface area (Å²) >= 11 is 0. The highest BCUT2D eigenvalue weighted by molar-refractivity contribution is 6.00. The number of rotatable bonds is 50. The SMILES string of the molecule is CC(C)C[C@H](NC(=O)[C@@H](NC(=O)[C@H](Cc1ccc(O)cc1)NC(=O)[C@@H](NC(=O)[C@H](C)NC(=O)[C@H](C)NC(=O)[C@@H](NC(=O)[C@@H](NC(=O)[C@H](CCCCN)NC(=O)[C@H](CCCCN)NC(=O)[C@H](CCCCN)NC(=O)[C@@H](N)CCCCN)C(C)C)C(C)C)[C@@H](C)O)C(C)C)C(=O)N[C@H](C(=O)O)[C@@H](C)O. The van der Waals surface area contributed by atoms with Gasteiger partial charge in [-0.2, -0.15) is 0 Å². The summed E-state index contributed by atoms with van der Waals surface area (Å²) in [6, 6.07) is -12.1. The highest BCUT2D eigenvalue weighted by Crippen LogP contribution is 2.16. The first kappa shape index (κ1) is 91.9. The molecule has 1 rings (SSSR count). The van der Waals surface area contributed by atoms with E-state index in [9.17, 15) is 82.8 Å². The minimum absolute atomic E-state index is 0.0207. The summed E-state index contributed by atoms with van der Waals surface area (Å²) in [6.07, 6.45) is 1.27. The molecule has 0 aromatic heterocycles. The number of hydrogen-bond acceptors (Lipinski definition) is 21. The minimum atomic E-state index is -1.79. The number of benzene rings is 1. The van der Waals surface area contributed by atoms with E-state index in [0.717, 1.165) is 13.8 Å². The maximum atomic E-state index is 14.3. The van der Waals surface area contributed by atoms with Gasteiger partial charge in [0.1, 0.15) is 72.2 Å². The molecule has 102 heavy (non-hydrogen) atoms. The quantitative estimate of drug-likeness (QED) is 0.0281. The summed E-state index contributed by atoms with van der Waals surface area (Å²) < 4.78 is 0. The maximum absolute atomic E-state index is 14.3. The molecule has 0 aliphatic carbocycles. The number of carboxylic acid groups (broad SMARTS) is 1. The van der Waals surface area contributed by atoms with Crippen molar-refractivity contribution in [3.63, 3.8) is 0 Å².